The number of ether oxygens (including phenoxy) is 2. The molecule has 0 aliphatic rings. The Morgan fingerprint density at radius 2 is 0.851 bits per heavy atom. The Morgan fingerprint density at radius 1 is 0.478 bits per heavy atom. The SMILES string of the molecule is CC/C=C\C/C=C\C/C=C\C/C=C\C/C=C\C/C=C\C/C=C\CCCCCC(=O)OC(COC(=O)CCCCCCCCC/C=C\CCCCCCCCC)COP(=O)(O)OCC[N+](C)(C)C. The Kier molecular flexibility index (Phi) is 45.8. The van der Waals surface area contributed by atoms with Crippen molar-refractivity contribution in [2.75, 3.05) is 47.5 Å². The lowest BCUT2D eigenvalue weighted by Gasteiger charge is -2.24. The van der Waals surface area contributed by atoms with E-state index in [9.17, 15) is 19.0 Å². The predicted molar refractivity (Wildman–Crippen MR) is 284 cm³/mol. The molecule has 10 heteroatoms. The minimum absolute atomic E-state index is 0.0190. The highest BCUT2D eigenvalue weighted by Crippen LogP contribution is 2.43. The average Bonchev–Trinajstić information content (AvgIpc) is 3.29. The Bertz CT molecular complexity index is 1450. The highest BCUT2D eigenvalue weighted by atomic mass is 31.2. The molecule has 0 bridgehead atoms. The van der Waals surface area contributed by atoms with E-state index in [2.05, 4.69) is 111 Å². The molecule has 0 rings (SSSR count). The second-order valence-corrected chi connectivity index (χ2v) is 20.0. The number of unbranched alkanes of at least 4 members (excludes halogenated alkanes) is 17. The fourth-order valence-electron chi connectivity index (χ4n) is 6.75. The average molecular weight is 957 g/mol. The quantitative estimate of drug-likeness (QED) is 0.0211. The third-order valence-corrected chi connectivity index (χ3v) is 11.8. The van der Waals surface area contributed by atoms with E-state index < -0.39 is 26.5 Å². The summed E-state index contributed by atoms with van der Waals surface area (Å²) in [5.41, 5.74) is 0. The lowest BCUT2D eigenvalue weighted by atomic mass is 10.1. The van der Waals surface area contributed by atoms with E-state index in [0.717, 1.165) is 96.3 Å². The zero-order chi connectivity index (χ0) is 49.2. The third kappa shape index (κ3) is 52.2. The fraction of sp³-hybridized carbons (Fsp3) is 0.684. The van der Waals surface area contributed by atoms with Gasteiger partial charge >= 0.3 is 19.8 Å². The topological polar surface area (TPSA) is 108 Å². The molecule has 0 saturated carbocycles. The predicted octanol–water partition coefficient (Wildman–Crippen LogP) is 16.1. The number of rotatable bonds is 47. The third-order valence-electron chi connectivity index (χ3n) is 10.8. The lowest BCUT2D eigenvalue weighted by molar-refractivity contribution is -0.870. The van der Waals surface area contributed by atoms with Gasteiger partial charge in [-0.1, -0.05) is 188 Å². The molecule has 0 aromatic heterocycles. The number of hydrogen-bond donors (Lipinski definition) is 1. The van der Waals surface area contributed by atoms with Gasteiger partial charge in [0.15, 0.2) is 6.10 Å². The van der Waals surface area contributed by atoms with Gasteiger partial charge in [-0.2, -0.15) is 0 Å². The number of likely N-dealkylation sites (N-methyl/N-ethyl adjacent to an activating group) is 1. The smallest absolute Gasteiger partial charge is 0.462 e. The first-order valence-corrected chi connectivity index (χ1v) is 28.0. The summed E-state index contributed by atoms with van der Waals surface area (Å²) >= 11 is 0. The molecule has 0 heterocycles. The first-order chi connectivity index (χ1) is 32.5. The molecule has 9 nitrogen and oxygen atoms in total. The first-order valence-electron chi connectivity index (χ1n) is 26.5. The molecule has 0 saturated heterocycles. The summed E-state index contributed by atoms with van der Waals surface area (Å²) < 4.78 is 34.4. The normalized spacial score (nSPS) is 14.2. The number of nitrogens with zero attached hydrogens (tertiary/aromatic N) is 1. The van der Waals surface area contributed by atoms with E-state index in [-0.39, 0.29) is 32.0 Å². The molecule has 0 aliphatic heterocycles. The summed E-state index contributed by atoms with van der Waals surface area (Å²) in [7, 11) is 1.44. The molecular formula is C57H99NO8P+. The minimum Gasteiger partial charge on any atom is -0.462 e. The maximum absolute atomic E-state index is 12.8. The summed E-state index contributed by atoms with van der Waals surface area (Å²) in [6.07, 6.45) is 64.6. The number of phosphoric ester groups is 1. The second-order valence-electron chi connectivity index (χ2n) is 18.5. The lowest BCUT2D eigenvalue weighted by Crippen LogP contribution is -2.37. The summed E-state index contributed by atoms with van der Waals surface area (Å²) in [5.74, 6) is -0.847. The van der Waals surface area contributed by atoms with Crippen molar-refractivity contribution in [3.63, 3.8) is 0 Å². The zero-order valence-electron chi connectivity index (χ0n) is 43.3. The molecule has 0 amide bonds. The van der Waals surface area contributed by atoms with Gasteiger partial charge in [0, 0.05) is 12.8 Å². The maximum Gasteiger partial charge on any atom is 0.472 e. The van der Waals surface area contributed by atoms with Gasteiger partial charge in [-0.25, -0.2) is 4.57 Å². The molecule has 0 radical (unpaired) electrons. The number of carbonyl (C=O) groups is 2. The van der Waals surface area contributed by atoms with Crippen LogP contribution in [0.15, 0.2) is 97.2 Å². The van der Waals surface area contributed by atoms with Crippen LogP contribution in [0.25, 0.3) is 0 Å². The van der Waals surface area contributed by atoms with Gasteiger partial charge in [0.2, 0.25) is 0 Å². The highest BCUT2D eigenvalue weighted by molar-refractivity contribution is 7.47. The summed E-state index contributed by atoms with van der Waals surface area (Å²) in [5, 5.41) is 0. The zero-order valence-corrected chi connectivity index (χ0v) is 44.2. The van der Waals surface area contributed by atoms with Crippen LogP contribution in [0.3, 0.4) is 0 Å². The van der Waals surface area contributed by atoms with Crippen LogP contribution in [0.5, 0.6) is 0 Å². The summed E-state index contributed by atoms with van der Waals surface area (Å²) in [6, 6.07) is 0. The number of phosphoric acid groups is 1. The van der Waals surface area contributed by atoms with E-state index in [1.165, 1.54) is 70.6 Å². The van der Waals surface area contributed by atoms with E-state index in [1.807, 2.05) is 21.1 Å². The molecule has 67 heavy (non-hydrogen) atoms. The van der Waals surface area contributed by atoms with Gasteiger partial charge in [0.05, 0.1) is 27.7 Å². The van der Waals surface area contributed by atoms with Gasteiger partial charge in [-0.3, -0.25) is 18.6 Å². The molecule has 1 N–H and O–H groups in total. The van der Waals surface area contributed by atoms with E-state index >= 15 is 0 Å². The van der Waals surface area contributed by atoms with Crippen molar-refractivity contribution in [2.24, 2.45) is 0 Å². The number of hydrogen-bond acceptors (Lipinski definition) is 7. The Balaban J connectivity index is 4.35. The Labute approximate surface area is 411 Å². The Hall–Kier alpha value is -3.07. The van der Waals surface area contributed by atoms with E-state index in [0.29, 0.717) is 17.4 Å². The maximum atomic E-state index is 12.8. The monoisotopic (exact) mass is 957 g/mol. The van der Waals surface area contributed by atoms with Gasteiger partial charge in [-0.05, 0) is 96.3 Å². The molecule has 2 unspecified atom stereocenters. The second kappa shape index (κ2) is 48.0. The molecule has 0 aliphatic carbocycles. The largest absolute Gasteiger partial charge is 0.472 e. The number of allylic oxidation sites excluding steroid dienone is 16. The van der Waals surface area contributed by atoms with Crippen molar-refractivity contribution >= 4 is 19.8 Å². The summed E-state index contributed by atoms with van der Waals surface area (Å²) in [4.78, 5) is 35.6. The number of quaternary nitrogens is 1. The van der Waals surface area contributed by atoms with Crippen molar-refractivity contribution in [2.45, 2.75) is 206 Å². The number of carbonyl (C=O) groups excluding carboxylic acids is 2. The van der Waals surface area contributed by atoms with Crippen LogP contribution in [0.4, 0.5) is 0 Å². The molecule has 0 fully saturated rings. The van der Waals surface area contributed by atoms with Gasteiger partial charge in [-0.15, -0.1) is 0 Å². The van der Waals surface area contributed by atoms with Crippen LogP contribution < -0.4 is 0 Å². The van der Waals surface area contributed by atoms with Gasteiger partial charge in [0.25, 0.3) is 0 Å². The molecule has 0 spiro atoms. The fourth-order valence-corrected chi connectivity index (χ4v) is 7.49. The standard InChI is InChI=1S/C57H98NO8P/c1-6-8-10-12-14-16-18-20-22-24-26-27-28-29-30-31-32-34-36-38-40-42-44-46-48-50-57(60)66-55(54-65-67(61,62)64-52-51-58(3,4)5)53-63-56(59)49-47-45-43-41-39-37-35-33-25-23-21-19-17-15-13-11-9-7-2/h8,10,14,16,20,22-23,25-27,29-30,32,34,38,40,55H,6-7,9,11-13,15,17-19,21,24,28,31,33,35-37,39,41-54H2,1-5H3/p+1/b10-8-,16-14-,22-20-,25-23-,27-26-,30-29-,34-32-,40-38-. The molecular weight excluding hydrogens is 858 g/mol. The Morgan fingerprint density at radius 3 is 1.30 bits per heavy atom. The van der Waals surface area contributed by atoms with Crippen molar-refractivity contribution in [1.82, 2.24) is 0 Å². The van der Waals surface area contributed by atoms with Gasteiger partial charge < -0.3 is 18.9 Å². The van der Waals surface area contributed by atoms with Crippen LogP contribution in [-0.4, -0.2) is 74.9 Å². The van der Waals surface area contributed by atoms with Crippen molar-refractivity contribution in [3.05, 3.63) is 97.2 Å². The van der Waals surface area contributed by atoms with E-state index in [4.69, 9.17) is 18.5 Å². The van der Waals surface area contributed by atoms with Crippen LogP contribution in [-0.2, 0) is 32.7 Å². The van der Waals surface area contributed by atoms with Crippen molar-refractivity contribution in [3.8, 4) is 0 Å². The molecule has 2 atom stereocenters. The van der Waals surface area contributed by atoms with Crippen LogP contribution in [0.2, 0.25) is 0 Å². The van der Waals surface area contributed by atoms with Crippen LogP contribution in [0.1, 0.15) is 200 Å². The van der Waals surface area contributed by atoms with Crippen molar-refractivity contribution < 1.29 is 42.1 Å². The first kappa shape index (κ1) is 63.9. The highest BCUT2D eigenvalue weighted by Gasteiger charge is 2.27. The molecule has 384 valence electrons. The van der Waals surface area contributed by atoms with Crippen LogP contribution >= 0.6 is 7.82 Å². The van der Waals surface area contributed by atoms with Crippen molar-refractivity contribution in [1.29, 1.82) is 0 Å². The van der Waals surface area contributed by atoms with Gasteiger partial charge in [0.1, 0.15) is 19.8 Å². The minimum atomic E-state index is -4.40. The van der Waals surface area contributed by atoms with E-state index in [1.54, 1.807) is 0 Å². The summed E-state index contributed by atoms with van der Waals surface area (Å²) in [6.45, 7) is 4.26. The van der Waals surface area contributed by atoms with Crippen LogP contribution in [0, 0.1) is 0 Å². The number of esters is 2. The molecule has 0 aromatic carbocycles. The molecule has 0 aromatic rings.